The highest BCUT2D eigenvalue weighted by atomic mass is 32.2. The van der Waals surface area contributed by atoms with E-state index in [2.05, 4.69) is 21.9 Å². The highest BCUT2D eigenvalue weighted by Crippen LogP contribution is 2.28. The van der Waals surface area contributed by atoms with Gasteiger partial charge in [-0.25, -0.2) is 13.1 Å². The molecule has 0 spiro atoms. The number of hydrogen-bond donors (Lipinski definition) is 2. The highest BCUT2D eigenvalue weighted by Gasteiger charge is 2.38. The maximum atomic E-state index is 12.1. The summed E-state index contributed by atoms with van der Waals surface area (Å²) < 4.78 is 27.2. The van der Waals surface area contributed by atoms with Crippen molar-refractivity contribution in [2.75, 3.05) is 31.9 Å². The van der Waals surface area contributed by atoms with Gasteiger partial charge in [0.25, 0.3) is 0 Å². The summed E-state index contributed by atoms with van der Waals surface area (Å²) >= 11 is 0. The van der Waals surface area contributed by atoms with Crippen LogP contribution in [0.2, 0.25) is 0 Å². The van der Waals surface area contributed by atoms with Gasteiger partial charge in [-0.05, 0) is 58.2 Å². The first kappa shape index (κ1) is 16.2. The lowest BCUT2D eigenvalue weighted by Gasteiger charge is -2.21. The van der Waals surface area contributed by atoms with Gasteiger partial charge in [0.05, 0.1) is 5.75 Å². The molecule has 2 atom stereocenters. The lowest BCUT2D eigenvalue weighted by molar-refractivity contribution is 0.309. The third-order valence-electron chi connectivity index (χ3n) is 4.38. The monoisotopic (exact) mass is 303 g/mol. The van der Waals surface area contributed by atoms with Crippen LogP contribution in [0.4, 0.5) is 0 Å². The fraction of sp³-hybridized carbons (Fsp3) is 1.00. The van der Waals surface area contributed by atoms with Crippen LogP contribution in [0, 0.1) is 0 Å². The van der Waals surface area contributed by atoms with Crippen LogP contribution in [-0.2, 0) is 10.0 Å². The van der Waals surface area contributed by atoms with E-state index in [0.717, 1.165) is 58.3 Å². The third-order valence-corrected chi connectivity index (χ3v) is 5.87. The van der Waals surface area contributed by atoms with Crippen LogP contribution in [-0.4, -0.2) is 57.3 Å². The summed E-state index contributed by atoms with van der Waals surface area (Å²) in [5.41, 5.74) is 0. The van der Waals surface area contributed by atoms with Crippen molar-refractivity contribution in [1.82, 2.24) is 14.9 Å². The summed E-state index contributed by atoms with van der Waals surface area (Å²) in [5.74, 6) is 0.268. The van der Waals surface area contributed by atoms with Gasteiger partial charge < -0.3 is 5.32 Å². The number of hydrogen-bond acceptors (Lipinski definition) is 4. The molecule has 0 bridgehead atoms. The van der Waals surface area contributed by atoms with E-state index < -0.39 is 10.0 Å². The second kappa shape index (κ2) is 7.73. The molecule has 2 N–H and O–H groups in total. The molecule has 2 heterocycles. The number of sulfonamides is 1. The molecular weight excluding hydrogens is 274 g/mol. The van der Waals surface area contributed by atoms with Gasteiger partial charge in [0.15, 0.2) is 0 Å². The van der Waals surface area contributed by atoms with E-state index in [0.29, 0.717) is 6.04 Å². The normalized spacial score (nSPS) is 27.1. The fourth-order valence-corrected chi connectivity index (χ4v) is 4.79. The summed E-state index contributed by atoms with van der Waals surface area (Å²) in [6.45, 7) is 6.27. The predicted molar refractivity (Wildman–Crippen MR) is 82.3 cm³/mol. The Balaban J connectivity index is 1.66. The average Bonchev–Trinajstić information content (AvgIpc) is 2.98. The van der Waals surface area contributed by atoms with Crippen molar-refractivity contribution in [2.24, 2.45) is 0 Å². The molecule has 118 valence electrons. The Kier molecular flexibility index (Phi) is 6.26. The molecule has 0 aromatic carbocycles. The Bertz CT molecular complexity index is 386. The van der Waals surface area contributed by atoms with Crippen LogP contribution in [0.1, 0.15) is 45.4 Å². The number of rotatable bonds is 9. The topological polar surface area (TPSA) is 61.4 Å². The van der Waals surface area contributed by atoms with E-state index >= 15 is 0 Å². The Hall–Kier alpha value is -0.170. The minimum atomic E-state index is -3.10. The summed E-state index contributed by atoms with van der Waals surface area (Å²) in [6, 6.07) is 0.608. The molecular formula is C14H29N3O2S. The molecule has 6 heteroatoms. The fourth-order valence-electron chi connectivity index (χ4n) is 3.35. The van der Waals surface area contributed by atoms with Crippen LogP contribution in [0.25, 0.3) is 0 Å². The van der Waals surface area contributed by atoms with Crippen LogP contribution in [0.5, 0.6) is 0 Å². The molecule has 0 amide bonds. The molecule has 0 aromatic rings. The first-order chi connectivity index (χ1) is 9.62. The van der Waals surface area contributed by atoms with Crippen LogP contribution in [0.3, 0.4) is 0 Å². The van der Waals surface area contributed by atoms with E-state index in [1.165, 1.54) is 6.42 Å². The highest BCUT2D eigenvalue weighted by molar-refractivity contribution is 7.89. The Morgan fingerprint density at radius 3 is 2.80 bits per heavy atom. The van der Waals surface area contributed by atoms with E-state index in [9.17, 15) is 8.42 Å². The summed E-state index contributed by atoms with van der Waals surface area (Å²) in [7, 11) is -3.10. The predicted octanol–water partition coefficient (Wildman–Crippen LogP) is 0.922. The van der Waals surface area contributed by atoms with E-state index in [4.69, 9.17) is 0 Å². The molecule has 0 saturated carbocycles. The molecule has 5 nitrogen and oxygen atoms in total. The Morgan fingerprint density at radius 2 is 2.00 bits per heavy atom. The molecule has 20 heavy (non-hydrogen) atoms. The molecule has 2 aliphatic heterocycles. The largest absolute Gasteiger partial charge is 0.317 e. The SMILES string of the molecule is CCCNCCCCS(=O)(=O)NC1CCN2CCCC12. The van der Waals surface area contributed by atoms with Gasteiger partial charge in [-0.3, -0.25) is 4.90 Å². The molecule has 0 aromatic heterocycles. The van der Waals surface area contributed by atoms with Gasteiger partial charge in [0.2, 0.25) is 10.0 Å². The van der Waals surface area contributed by atoms with E-state index in [1.54, 1.807) is 0 Å². The average molecular weight is 303 g/mol. The maximum absolute atomic E-state index is 12.1. The first-order valence-corrected chi connectivity index (χ1v) is 9.72. The smallest absolute Gasteiger partial charge is 0.211 e. The van der Waals surface area contributed by atoms with Crippen LogP contribution < -0.4 is 10.0 Å². The van der Waals surface area contributed by atoms with Gasteiger partial charge >= 0.3 is 0 Å². The van der Waals surface area contributed by atoms with Crippen LogP contribution in [0.15, 0.2) is 0 Å². The lowest BCUT2D eigenvalue weighted by Crippen LogP contribution is -2.43. The lowest BCUT2D eigenvalue weighted by atomic mass is 10.1. The van der Waals surface area contributed by atoms with Gasteiger partial charge in [-0.15, -0.1) is 0 Å². The van der Waals surface area contributed by atoms with Crippen molar-refractivity contribution in [3.63, 3.8) is 0 Å². The Morgan fingerprint density at radius 1 is 1.15 bits per heavy atom. The number of fused-ring (bicyclic) bond motifs is 1. The van der Waals surface area contributed by atoms with Crippen molar-refractivity contribution in [2.45, 2.75) is 57.5 Å². The third kappa shape index (κ3) is 4.69. The molecule has 0 radical (unpaired) electrons. The number of nitrogens with one attached hydrogen (secondary N) is 2. The molecule has 0 aliphatic carbocycles. The molecule has 2 aliphatic rings. The molecule has 2 rings (SSSR count). The quantitative estimate of drug-likeness (QED) is 0.622. The summed E-state index contributed by atoms with van der Waals surface area (Å²) in [6.07, 6.45) is 6.13. The van der Waals surface area contributed by atoms with Gasteiger partial charge in [-0.1, -0.05) is 6.92 Å². The first-order valence-electron chi connectivity index (χ1n) is 8.07. The minimum absolute atomic E-state index is 0.153. The van der Waals surface area contributed by atoms with Crippen molar-refractivity contribution < 1.29 is 8.42 Å². The van der Waals surface area contributed by atoms with Crippen molar-refractivity contribution in [3.05, 3.63) is 0 Å². The van der Waals surface area contributed by atoms with Gasteiger partial charge in [-0.2, -0.15) is 0 Å². The van der Waals surface area contributed by atoms with Crippen molar-refractivity contribution in [1.29, 1.82) is 0 Å². The van der Waals surface area contributed by atoms with E-state index in [-0.39, 0.29) is 11.8 Å². The van der Waals surface area contributed by atoms with Gasteiger partial charge in [0, 0.05) is 18.6 Å². The summed E-state index contributed by atoms with van der Waals surface area (Å²) in [5, 5.41) is 3.30. The van der Waals surface area contributed by atoms with Crippen molar-refractivity contribution in [3.8, 4) is 0 Å². The number of unbranched alkanes of at least 4 members (excludes halogenated alkanes) is 1. The zero-order valence-corrected chi connectivity index (χ0v) is 13.4. The molecule has 2 unspecified atom stereocenters. The van der Waals surface area contributed by atoms with Crippen molar-refractivity contribution >= 4 is 10.0 Å². The second-order valence-corrected chi connectivity index (χ2v) is 7.91. The zero-order valence-electron chi connectivity index (χ0n) is 12.6. The Labute approximate surface area is 123 Å². The van der Waals surface area contributed by atoms with Crippen LogP contribution >= 0.6 is 0 Å². The second-order valence-electron chi connectivity index (χ2n) is 6.03. The zero-order chi connectivity index (χ0) is 14.4. The molecule has 2 fully saturated rings. The van der Waals surface area contributed by atoms with Gasteiger partial charge in [0.1, 0.15) is 0 Å². The number of nitrogens with zero attached hydrogens (tertiary/aromatic N) is 1. The maximum Gasteiger partial charge on any atom is 0.211 e. The van der Waals surface area contributed by atoms with E-state index in [1.807, 2.05) is 0 Å². The minimum Gasteiger partial charge on any atom is -0.317 e. The molecule has 2 saturated heterocycles. The summed E-state index contributed by atoms with van der Waals surface area (Å²) in [4.78, 5) is 2.43. The standard InChI is InChI=1S/C14H29N3O2S/c1-2-8-15-9-3-4-12-20(18,19)16-13-7-11-17-10-5-6-14(13)17/h13-16H,2-12H2,1H3.